The number of anilines is 1. The predicted molar refractivity (Wildman–Crippen MR) is 129 cm³/mol. The molecule has 1 aromatic rings. The Morgan fingerprint density at radius 2 is 2.04 bits per heavy atom. The number of piperazine rings is 1. The van der Waals surface area contributed by atoms with Gasteiger partial charge < -0.3 is 15.1 Å². The predicted octanol–water partition coefficient (Wildman–Crippen LogP) is 2.17. The number of guanidine groups is 1. The second kappa shape index (κ2) is 11.6. The van der Waals surface area contributed by atoms with Gasteiger partial charge in [-0.25, -0.2) is 13.1 Å². The van der Waals surface area contributed by atoms with Gasteiger partial charge >= 0.3 is 0 Å². The summed E-state index contributed by atoms with van der Waals surface area (Å²) < 4.78 is 27.0. The average Bonchev–Trinajstić information content (AvgIpc) is 3.14. The highest BCUT2D eigenvalue weighted by Crippen LogP contribution is 2.25. The zero-order valence-electron chi connectivity index (χ0n) is 16.5. The minimum absolute atomic E-state index is 0. The van der Waals surface area contributed by atoms with E-state index in [1.165, 1.54) is 11.4 Å². The van der Waals surface area contributed by atoms with Crippen molar-refractivity contribution in [3.8, 4) is 0 Å². The maximum absolute atomic E-state index is 12.1. The van der Waals surface area contributed by atoms with Gasteiger partial charge in [-0.3, -0.25) is 4.99 Å². The van der Waals surface area contributed by atoms with Crippen molar-refractivity contribution in [2.75, 3.05) is 56.5 Å². The summed E-state index contributed by atoms with van der Waals surface area (Å²) in [6.07, 6.45) is 3.51. The molecule has 2 fully saturated rings. The summed E-state index contributed by atoms with van der Waals surface area (Å²) in [6.45, 7) is 7.35. The molecule has 0 amide bonds. The van der Waals surface area contributed by atoms with Crippen LogP contribution in [0.15, 0.2) is 22.5 Å². The molecule has 0 unspecified atom stereocenters. The third-order valence-electron chi connectivity index (χ3n) is 5.17. The standard InChI is InChI=1S/C18H31N5O2S2.HI/c1-2-19-18(20-8-14-27(24,25)21-15-16-5-3-6-16)23-11-9-22(10-12-23)17-7-4-13-26-17;/h4,7,13,16,21H,2-3,5-6,8-12,14-15H2,1H3,(H,19,20);1H. The number of rotatable bonds is 8. The first-order chi connectivity index (χ1) is 13.1. The molecule has 1 saturated carbocycles. The van der Waals surface area contributed by atoms with E-state index in [4.69, 9.17) is 0 Å². The van der Waals surface area contributed by atoms with E-state index in [0.717, 1.165) is 51.5 Å². The molecule has 0 bridgehead atoms. The zero-order chi connectivity index (χ0) is 19.1. The van der Waals surface area contributed by atoms with Crippen LogP contribution in [0.3, 0.4) is 0 Å². The minimum atomic E-state index is -3.24. The SMILES string of the molecule is CCNC(=NCCS(=O)(=O)NCC1CCC1)N1CCN(c2cccs2)CC1.I. The van der Waals surface area contributed by atoms with Crippen LogP contribution in [0.25, 0.3) is 0 Å². The molecular formula is C18H32IN5O2S2. The minimum Gasteiger partial charge on any atom is -0.360 e. The van der Waals surface area contributed by atoms with Gasteiger partial charge in [-0.15, -0.1) is 35.3 Å². The van der Waals surface area contributed by atoms with E-state index < -0.39 is 10.0 Å². The van der Waals surface area contributed by atoms with Crippen LogP contribution in [0.4, 0.5) is 5.00 Å². The molecule has 0 radical (unpaired) electrons. The van der Waals surface area contributed by atoms with E-state index in [0.29, 0.717) is 12.5 Å². The maximum Gasteiger partial charge on any atom is 0.213 e. The van der Waals surface area contributed by atoms with Crippen molar-refractivity contribution in [1.29, 1.82) is 0 Å². The number of nitrogens with zero attached hydrogens (tertiary/aromatic N) is 3. The lowest BCUT2D eigenvalue weighted by molar-refractivity contribution is 0.316. The van der Waals surface area contributed by atoms with Gasteiger partial charge in [-0.1, -0.05) is 6.42 Å². The summed E-state index contributed by atoms with van der Waals surface area (Å²) in [7, 11) is -3.24. The lowest BCUT2D eigenvalue weighted by Gasteiger charge is -2.37. The zero-order valence-corrected chi connectivity index (χ0v) is 20.4. The van der Waals surface area contributed by atoms with E-state index in [-0.39, 0.29) is 36.3 Å². The molecule has 0 aromatic carbocycles. The molecule has 7 nitrogen and oxygen atoms in total. The van der Waals surface area contributed by atoms with Crippen molar-refractivity contribution >= 4 is 56.3 Å². The van der Waals surface area contributed by atoms with Crippen molar-refractivity contribution in [1.82, 2.24) is 14.9 Å². The van der Waals surface area contributed by atoms with Crippen LogP contribution < -0.4 is 14.9 Å². The van der Waals surface area contributed by atoms with Crippen LogP contribution in [-0.2, 0) is 10.0 Å². The van der Waals surface area contributed by atoms with Crippen molar-refractivity contribution in [3.05, 3.63) is 17.5 Å². The van der Waals surface area contributed by atoms with E-state index in [1.807, 2.05) is 6.92 Å². The fraction of sp³-hybridized carbons (Fsp3) is 0.722. The third kappa shape index (κ3) is 7.03. The lowest BCUT2D eigenvalue weighted by Crippen LogP contribution is -2.52. The molecular weight excluding hydrogens is 509 g/mol. The molecule has 2 aliphatic rings. The van der Waals surface area contributed by atoms with Gasteiger partial charge in [-0.2, -0.15) is 0 Å². The number of nitrogens with one attached hydrogen (secondary N) is 2. The summed E-state index contributed by atoms with van der Waals surface area (Å²) >= 11 is 1.77. The third-order valence-corrected chi connectivity index (χ3v) is 7.43. The fourth-order valence-electron chi connectivity index (χ4n) is 3.30. The van der Waals surface area contributed by atoms with Gasteiger partial charge in [0.15, 0.2) is 5.96 Å². The summed E-state index contributed by atoms with van der Waals surface area (Å²) in [6, 6.07) is 4.23. The largest absolute Gasteiger partial charge is 0.360 e. The molecule has 28 heavy (non-hydrogen) atoms. The Hall–Kier alpha value is -0.590. The number of hydrogen-bond acceptors (Lipinski definition) is 5. The highest BCUT2D eigenvalue weighted by Gasteiger charge is 2.22. The van der Waals surface area contributed by atoms with Crippen LogP contribution in [0.1, 0.15) is 26.2 Å². The quantitative estimate of drug-likeness (QED) is 0.300. The molecule has 10 heteroatoms. The van der Waals surface area contributed by atoms with Gasteiger partial charge in [0, 0.05) is 39.3 Å². The van der Waals surface area contributed by atoms with Crippen LogP contribution in [0.2, 0.25) is 0 Å². The topological polar surface area (TPSA) is 77.0 Å². The summed E-state index contributed by atoms with van der Waals surface area (Å²) in [4.78, 5) is 9.18. The normalized spacial score (nSPS) is 18.5. The van der Waals surface area contributed by atoms with E-state index in [9.17, 15) is 8.42 Å². The Balaban J connectivity index is 0.00000280. The number of halogens is 1. The second-order valence-electron chi connectivity index (χ2n) is 7.13. The molecule has 0 atom stereocenters. The molecule has 3 rings (SSSR count). The summed E-state index contributed by atoms with van der Waals surface area (Å²) in [5.74, 6) is 1.39. The van der Waals surface area contributed by atoms with Crippen molar-refractivity contribution in [2.24, 2.45) is 10.9 Å². The highest BCUT2D eigenvalue weighted by atomic mass is 127. The van der Waals surface area contributed by atoms with E-state index >= 15 is 0 Å². The maximum atomic E-state index is 12.1. The first kappa shape index (κ1) is 23.7. The molecule has 160 valence electrons. The summed E-state index contributed by atoms with van der Waals surface area (Å²) in [5, 5.41) is 6.71. The van der Waals surface area contributed by atoms with E-state index in [2.05, 4.69) is 42.3 Å². The number of thiophene rings is 1. The van der Waals surface area contributed by atoms with Crippen molar-refractivity contribution < 1.29 is 8.42 Å². The van der Waals surface area contributed by atoms with Crippen LogP contribution in [0.5, 0.6) is 0 Å². The fourth-order valence-corrected chi connectivity index (χ4v) is 5.05. The average molecular weight is 542 g/mol. The summed E-state index contributed by atoms with van der Waals surface area (Å²) in [5.41, 5.74) is 0. The Bertz CT molecular complexity index is 700. The molecule has 1 aliphatic heterocycles. The Kier molecular flexibility index (Phi) is 9.78. The van der Waals surface area contributed by atoms with Crippen molar-refractivity contribution in [2.45, 2.75) is 26.2 Å². The smallest absolute Gasteiger partial charge is 0.213 e. The van der Waals surface area contributed by atoms with Gasteiger partial charge in [0.1, 0.15) is 0 Å². The monoisotopic (exact) mass is 541 g/mol. The second-order valence-corrected chi connectivity index (χ2v) is 9.98. The molecule has 1 aromatic heterocycles. The number of sulfonamides is 1. The molecule has 2 N–H and O–H groups in total. The molecule has 0 spiro atoms. The van der Waals surface area contributed by atoms with Gasteiger partial charge in [-0.05, 0) is 43.2 Å². The van der Waals surface area contributed by atoms with Crippen LogP contribution >= 0.6 is 35.3 Å². The van der Waals surface area contributed by atoms with E-state index in [1.54, 1.807) is 11.3 Å². The first-order valence-corrected chi connectivity index (χ1v) is 12.4. The number of aliphatic imine (C=N–C) groups is 1. The van der Waals surface area contributed by atoms with Crippen LogP contribution in [-0.4, -0.2) is 70.8 Å². The van der Waals surface area contributed by atoms with Crippen LogP contribution in [0, 0.1) is 5.92 Å². The van der Waals surface area contributed by atoms with Gasteiger partial charge in [0.2, 0.25) is 10.0 Å². The van der Waals surface area contributed by atoms with Gasteiger partial charge in [0.25, 0.3) is 0 Å². The first-order valence-electron chi connectivity index (χ1n) is 9.86. The Morgan fingerprint density at radius 3 is 2.61 bits per heavy atom. The lowest BCUT2D eigenvalue weighted by atomic mass is 9.86. The molecule has 1 saturated heterocycles. The van der Waals surface area contributed by atoms with Gasteiger partial charge in [0.05, 0.1) is 17.3 Å². The van der Waals surface area contributed by atoms with Crippen molar-refractivity contribution in [3.63, 3.8) is 0 Å². The number of hydrogen-bond donors (Lipinski definition) is 2. The highest BCUT2D eigenvalue weighted by molar-refractivity contribution is 14.0. The Morgan fingerprint density at radius 1 is 1.29 bits per heavy atom. The molecule has 2 heterocycles. The Labute approximate surface area is 190 Å². The molecule has 1 aliphatic carbocycles.